The van der Waals surface area contributed by atoms with Crippen LogP contribution in [-0.2, 0) is 11.3 Å². The van der Waals surface area contributed by atoms with Crippen molar-refractivity contribution in [3.05, 3.63) is 35.4 Å². The van der Waals surface area contributed by atoms with Crippen LogP contribution >= 0.6 is 0 Å². The van der Waals surface area contributed by atoms with Gasteiger partial charge in [0.15, 0.2) is 0 Å². The summed E-state index contributed by atoms with van der Waals surface area (Å²) in [7, 11) is 0. The highest BCUT2D eigenvalue weighted by Crippen LogP contribution is 2.14. The average molecular weight is 289 g/mol. The maximum atomic E-state index is 11.4. The van der Waals surface area contributed by atoms with Gasteiger partial charge in [-0.3, -0.25) is 4.79 Å². The summed E-state index contributed by atoms with van der Waals surface area (Å²) in [6.45, 7) is 9.34. The van der Waals surface area contributed by atoms with Crippen molar-refractivity contribution in [2.75, 3.05) is 26.2 Å². The Morgan fingerprint density at radius 2 is 2.00 bits per heavy atom. The van der Waals surface area contributed by atoms with Gasteiger partial charge in [-0.2, -0.15) is 0 Å². The monoisotopic (exact) mass is 289 g/mol. The first kappa shape index (κ1) is 16.0. The second kappa shape index (κ2) is 8.15. The van der Waals surface area contributed by atoms with E-state index >= 15 is 0 Å². The number of amides is 1. The molecule has 1 aromatic rings. The average Bonchev–Trinajstić information content (AvgIpc) is 2.88. The summed E-state index contributed by atoms with van der Waals surface area (Å²) >= 11 is 0. The Labute approximate surface area is 127 Å². The third-order valence-electron chi connectivity index (χ3n) is 3.91. The van der Waals surface area contributed by atoms with Gasteiger partial charge in [0.1, 0.15) is 0 Å². The van der Waals surface area contributed by atoms with E-state index in [1.807, 2.05) is 4.90 Å². The Morgan fingerprint density at radius 1 is 1.24 bits per heavy atom. The molecule has 2 aliphatic heterocycles. The van der Waals surface area contributed by atoms with Gasteiger partial charge < -0.3 is 15.5 Å². The van der Waals surface area contributed by atoms with Crippen molar-refractivity contribution in [3.8, 4) is 0 Å². The number of rotatable bonds is 2. The van der Waals surface area contributed by atoms with Gasteiger partial charge in [0.2, 0.25) is 5.91 Å². The third kappa shape index (κ3) is 5.48. The van der Waals surface area contributed by atoms with Crippen molar-refractivity contribution in [1.82, 2.24) is 15.5 Å². The summed E-state index contributed by atoms with van der Waals surface area (Å²) < 4.78 is 0. The van der Waals surface area contributed by atoms with Gasteiger partial charge in [-0.1, -0.05) is 29.8 Å². The molecule has 4 heteroatoms. The molecule has 1 atom stereocenters. The number of carbonyl (C=O) groups excluding carboxylic acids is 1. The minimum absolute atomic E-state index is 0.297. The molecule has 21 heavy (non-hydrogen) atoms. The molecule has 116 valence electrons. The van der Waals surface area contributed by atoms with Crippen molar-refractivity contribution in [1.29, 1.82) is 0 Å². The fourth-order valence-electron chi connectivity index (χ4n) is 2.58. The maximum absolute atomic E-state index is 11.4. The van der Waals surface area contributed by atoms with Gasteiger partial charge in [-0.25, -0.2) is 0 Å². The van der Waals surface area contributed by atoms with Crippen molar-refractivity contribution in [3.63, 3.8) is 0 Å². The molecule has 0 radical (unpaired) electrons. The highest BCUT2D eigenvalue weighted by molar-refractivity contribution is 5.78. The van der Waals surface area contributed by atoms with Crippen molar-refractivity contribution >= 4 is 5.91 Å². The van der Waals surface area contributed by atoms with E-state index in [0.29, 0.717) is 11.9 Å². The molecule has 2 heterocycles. The van der Waals surface area contributed by atoms with Gasteiger partial charge >= 0.3 is 0 Å². The number of piperazine rings is 1. The van der Waals surface area contributed by atoms with Gasteiger partial charge in [-0.15, -0.1) is 0 Å². The van der Waals surface area contributed by atoms with Crippen molar-refractivity contribution < 1.29 is 4.79 Å². The van der Waals surface area contributed by atoms with Crippen LogP contribution in [-0.4, -0.2) is 43.0 Å². The Kier molecular flexibility index (Phi) is 6.21. The van der Waals surface area contributed by atoms with Crippen LogP contribution in [0, 0.1) is 6.92 Å². The molecule has 0 aliphatic carbocycles. The van der Waals surface area contributed by atoms with Crippen LogP contribution in [0.3, 0.4) is 0 Å². The zero-order chi connectivity index (χ0) is 15.1. The number of carbonyl (C=O) groups is 1. The molecule has 2 aliphatic rings. The predicted molar refractivity (Wildman–Crippen MR) is 86.2 cm³/mol. The van der Waals surface area contributed by atoms with E-state index in [4.69, 9.17) is 0 Å². The van der Waals surface area contributed by atoms with Gasteiger partial charge in [0, 0.05) is 45.2 Å². The number of hydrogen-bond acceptors (Lipinski definition) is 3. The number of likely N-dealkylation sites (tertiary alicyclic amines) is 1. The van der Waals surface area contributed by atoms with E-state index in [-0.39, 0.29) is 0 Å². The number of benzene rings is 1. The maximum Gasteiger partial charge on any atom is 0.222 e. The summed E-state index contributed by atoms with van der Waals surface area (Å²) in [5.74, 6) is 0.297. The second-order valence-corrected chi connectivity index (χ2v) is 5.96. The largest absolute Gasteiger partial charge is 0.338 e. The van der Waals surface area contributed by atoms with Crippen LogP contribution in [0.15, 0.2) is 24.3 Å². The van der Waals surface area contributed by atoms with Crippen LogP contribution in [0.4, 0.5) is 0 Å². The Balaban J connectivity index is 0.000000194. The summed E-state index contributed by atoms with van der Waals surface area (Å²) in [6.07, 6.45) is 1.75. The molecule has 1 aromatic carbocycles. The SMILES string of the molecule is CC1CNCCN1.Cc1ccc(CN2CCCC2=O)cc1. The van der Waals surface area contributed by atoms with Crippen LogP contribution in [0.2, 0.25) is 0 Å². The van der Waals surface area contributed by atoms with E-state index in [0.717, 1.165) is 45.6 Å². The van der Waals surface area contributed by atoms with Crippen LogP contribution in [0.5, 0.6) is 0 Å². The zero-order valence-corrected chi connectivity index (χ0v) is 13.2. The lowest BCUT2D eigenvalue weighted by molar-refractivity contribution is -0.128. The van der Waals surface area contributed by atoms with E-state index in [1.165, 1.54) is 11.1 Å². The molecule has 1 amide bonds. The second-order valence-electron chi connectivity index (χ2n) is 5.96. The number of nitrogens with one attached hydrogen (secondary N) is 2. The fraction of sp³-hybridized carbons (Fsp3) is 0.588. The normalized spacial score (nSPS) is 21.9. The number of aryl methyl sites for hydroxylation is 1. The molecule has 2 N–H and O–H groups in total. The minimum Gasteiger partial charge on any atom is -0.338 e. The molecule has 0 saturated carbocycles. The van der Waals surface area contributed by atoms with Crippen LogP contribution < -0.4 is 10.6 Å². The first-order valence-corrected chi connectivity index (χ1v) is 7.92. The zero-order valence-electron chi connectivity index (χ0n) is 13.2. The quantitative estimate of drug-likeness (QED) is 0.871. The number of hydrogen-bond donors (Lipinski definition) is 2. The molecule has 3 rings (SSSR count). The van der Waals surface area contributed by atoms with Crippen LogP contribution in [0.1, 0.15) is 30.9 Å². The highest BCUT2D eigenvalue weighted by Gasteiger charge is 2.19. The Hall–Kier alpha value is -1.39. The molecule has 1 unspecified atom stereocenters. The molecule has 4 nitrogen and oxygen atoms in total. The minimum atomic E-state index is 0.297. The fourth-order valence-corrected chi connectivity index (χ4v) is 2.58. The molecule has 2 fully saturated rings. The molecule has 2 saturated heterocycles. The summed E-state index contributed by atoms with van der Waals surface area (Å²) in [6, 6.07) is 9.06. The third-order valence-corrected chi connectivity index (χ3v) is 3.91. The summed E-state index contributed by atoms with van der Waals surface area (Å²) in [4.78, 5) is 13.3. The van der Waals surface area contributed by atoms with Gasteiger partial charge in [0.05, 0.1) is 0 Å². The topological polar surface area (TPSA) is 44.4 Å². The van der Waals surface area contributed by atoms with E-state index < -0.39 is 0 Å². The highest BCUT2D eigenvalue weighted by atomic mass is 16.2. The summed E-state index contributed by atoms with van der Waals surface area (Å²) in [5.41, 5.74) is 2.49. The van der Waals surface area contributed by atoms with E-state index in [2.05, 4.69) is 48.7 Å². The van der Waals surface area contributed by atoms with Crippen molar-refractivity contribution in [2.24, 2.45) is 0 Å². The Morgan fingerprint density at radius 3 is 2.48 bits per heavy atom. The van der Waals surface area contributed by atoms with E-state index in [9.17, 15) is 4.79 Å². The molecular weight excluding hydrogens is 262 g/mol. The lowest BCUT2D eigenvalue weighted by atomic mass is 10.1. The van der Waals surface area contributed by atoms with Gasteiger partial charge in [0.25, 0.3) is 0 Å². The first-order chi connectivity index (χ1) is 10.1. The lowest BCUT2D eigenvalue weighted by Gasteiger charge is -2.19. The summed E-state index contributed by atoms with van der Waals surface area (Å²) in [5, 5.41) is 6.59. The van der Waals surface area contributed by atoms with E-state index in [1.54, 1.807) is 0 Å². The van der Waals surface area contributed by atoms with Crippen molar-refractivity contribution in [2.45, 2.75) is 39.3 Å². The Bertz CT molecular complexity index is 438. The van der Waals surface area contributed by atoms with Crippen LogP contribution in [0.25, 0.3) is 0 Å². The number of nitrogens with zero attached hydrogens (tertiary/aromatic N) is 1. The molecule has 0 bridgehead atoms. The first-order valence-electron chi connectivity index (χ1n) is 7.92. The standard InChI is InChI=1S/C12H15NO.C5H12N2/c1-10-4-6-11(7-5-10)9-13-8-2-3-12(13)14;1-5-4-6-2-3-7-5/h4-7H,2-3,8-9H2,1H3;5-7H,2-4H2,1H3. The predicted octanol–water partition coefficient (Wildman–Crippen LogP) is 1.69. The molecular formula is C17H27N3O. The lowest BCUT2D eigenvalue weighted by Crippen LogP contribution is -2.46. The molecule has 0 spiro atoms. The smallest absolute Gasteiger partial charge is 0.222 e. The van der Waals surface area contributed by atoms with Gasteiger partial charge in [-0.05, 0) is 25.8 Å². The molecule has 0 aromatic heterocycles.